The molecule has 88 valence electrons. The van der Waals surface area contributed by atoms with E-state index < -0.39 is 5.91 Å². The van der Waals surface area contributed by atoms with Gasteiger partial charge in [0.2, 0.25) is 0 Å². The van der Waals surface area contributed by atoms with E-state index in [-0.39, 0.29) is 11.1 Å². The van der Waals surface area contributed by atoms with Gasteiger partial charge in [0.25, 0.3) is 11.5 Å². The van der Waals surface area contributed by atoms with Crippen LogP contribution in [0.5, 0.6) is 0 Å². The summed E-state index contributed by atoms with van der Waals surface area (Å²) in [7, 11) is 0. The fraction of sp³-hybridized carbons (Fsp3) is 0.167. The van der Waals surface area contributed by atoms with Gasteiger partial charge < -0.3 is 5.73 Å². The highest BCUT2D eigenvalue weighted by molar-refractivity contribution is 5.92. The zero-order valence-electron chi connectivity index (χ0n) is 9.46. The van der Waals surface area contributed by atoms with Crippen LogP contribution < -0.4 is 11.3 Å². The average Bonchev–Trinajstić information content (AvgIpc) is 2.67. The number of carbonyl (C=O) groups is 1. The van der Waals surface area contributed by atoms with Crippen LogP contribution in [0.1, 0.15) is 17.3 Å². The number of hydrogen-bond donors (Lipinski definition) is 1. The lowest BCUT2D eigenvalue weighted by molar-refractivity contribution is 0.0999. The third-order valence-corrected chi connectivity index (χ3v) is 2.55. The standard InChI is InChI=1S/C12H13N3O2/c1-2-14-8-10(11(13)16)12(17)15(14)9-6-4-3-5-7-9/h3-8H,2H2,1H3,(H2,13,16). The highest BCUT2D eigenvalue weighted by Crippen LogP contribution is 2.06. The van der Waals surface area contributed by atoms with Gasteiger partial charge in [-0.05, 0) is 19.1 Å². The Morgan fingerprint density at radius 3 is 2.47 bits per heavy atom. The van der Waals surface area contributed by atoms with Crippen molar-refractivity contribution < 1.29 is 4.79 Å². The lowest BCUT2D eigenvalue weighted by Gasteiger charge is -2.08. The second-order valence-corrected chi connectivity index (χ2v) is 3.62. The second-order valence-electron chi connectivity index (χ2n) is 3.62. The van der Waals surface area contributed by atoms with E-state index in [1.807, 2.05) is 25.1 Å². The molecule has 1 aromatic heterocycles. The average molecular weight is 231 g/mol. The molecule has 17 heavy (non-hydrogen) atoms. The molecule has 2 rings (SSSR count). The maximum Gasteiger partial charge on any atom is 0.284 e. The summed E-state index contributed by atoms with van der Waals surface area (Å²) in [6, 6.07) is 9.14. The Bertz CT molecular complexity index is 596. The fourth-order valence-corrected chi connectivity index (χ4v) is 1.73. The number of aryl methyl sites for hydroxylation is 1. The van der Waals surface area contributed by atoms with Crippen LogP contribution in [0.4, 0.5) is 0 Å². The molecule has 0 bridgehead atoms. The zero-order chi connectivity index (χ0) is 12.4. The molecule has 0 fully saturated rings. The number of benzene rings is 1. The molecular formula is C12H13N3O2. The van der Waals surface area contributed by atoms with Crippen LogP contribution >= 0.6 is 0 Å². The molecule has 0 saturated carbocycles. The lowest BCUT2D eigenvalue weighted by atomic mass is 10.3. The molecule has 5 nitrogen and oxygen atoms in total. The zero-order valence-corrected chi connectivity index (χ0v) is 9.46. The smallest absolute Gasteiger partial charge is 0.284 e. The van der Waals surface area contributed by atoms with Crippen molar-refractivity contribution in [3.63, 3.8) is 0 Å². The first-order valence-electron chi connectivity index (χ1n) is 5.33. The highest BCUT2D eigenvalue weighted by Gasteiger charge is 2.15. The molecule has 2 aromatic rings. The normalized spacial score (nSPS) is 10.4. The third kappa shape index (κ3) is 1.87. The minimum absolute atomic E-state index is 0.00991. The number of hydrogen-bond acceptors (Lipinski definition) is 2. The summed E-state index contributed by atoms with van der Waals surface area (Å²) in [4.78, 5) is 23.2. The minimum Gasteiger partial charge on any atom is -0.365 e. The number of para-hydroxylation sites is 1. The molecule has 0 saturated heterocycles. The second kappa shape index (κ2) is 4.29. The topological polar surface area (TPSA) is 70.0 Å². The van der Waals surface area contributed by atoms with E-state index in [0.29, 0.717) is 12.2 Å². The quantitative estimate of drug-likeness (QED) is 0.847. The van der Waals surface area contributed by atoms with Crippen LogP contribution in [0.25, 0.3) is 5.69 Å². The van der Waals surface area contributed by atoms with Gasteiger partial charge in [-0.15, -0.1) is 0 Å². The highest BCUT2D eigenvalue weighted by atomic mass is 16.2. The lowest BCUT2D eigenvalue weighted by Crippen LogP contribution is -2.25. The summed E-state index contributed by atoms with van der Waals surface area (Å²) in [5.41, 5.74) is 5.50. The molecule has 0 aliphatic heterocycles. The first-order valence-corrected chi connectivity index (χ1v) is 5.33. The van der Waals surface area contributed by atoms with Crippen molar-refractivity contribution in [3.8, 4) is 5.69 Å². The molecule has 1 heterocycles. The number of primary amides is 1. The summed E-state index contributed by atoms with van der Waals surface area (Å²) in [6.07, 6.45) is 1.48. The van der Waals surface area contributed by atoms with E-state index in [9.17, 15) is 9.59 Å². The van der Waals surface area contributed by atoms with E-state index in [1.165, 1.54) is 10.9 Å². The molecule has 5 heteroatoms. The van der Waals surface area contributed by atoms with Gasteiger partial charge in [-0.25, -0.2) is 4.68 Å². The van der Waals surface area contributed by atoms with Crippen molar-refractivity contribution in [2.75, 3.05) is 0 Å². The van der Waals surface area contributed by atoms with Gasteiger partial charge in [0, 0.05) is 12.7 Å². The Labute approximate surface area is 98.1 Å². The van der Waals surface area contributed by atoms with Crippen molar-refractivity contribution in [2.24, 2.45) is 5.73 Å². The van der Waals surface area contributed by atoms with E-state index in [0.717, 1.165) is 0 Å². The summed E-state index contributed by atoms with van der Waals surface area (Å²) >= 11 is 0. The maximum atomic E-state index is 12.0. The minimum atomic E-state index is -0.702. The van der Waals surface area contributed by atoms with Crippen molar-refractivity contribution in [1.82, 2.24) is 9.36 Å². The fourth-order valence-electron chi connectivity index (χ4n) is 1.73. The number of carbonyl (C=O) groups excluding carboxylic acids is 1. The Hall–Kier alpha value is -2.30. The molecule has 1 aromatic carbocycles. The first kappa shape index (κ1) is 11.2. The number of rotatable bonds is 3. The van der Waals surface area contributed by atoms with Gasteiger partial charge in [-0.3, -0.25) is 14.3 Å². The third-order valence-electron chi connectivity index (χ3n) is 2.55. The van der Waals surface area contributed by atoms with Crippen molar-refractivity contribution in [1.29, 1.82) is 0 Å². The van der Waals surface area contributed by atoms with Crippen LogP contribution in [-0.2, 0) is 6.54 Å². The van der Waals surface area contributed by atoms with Gasteiger partial charge in [0.1, 0.15) is 5.56 Å². The van der Waals surface area contributed by atoms with Crippen molar-refractivity contribution in [2.45, 2.75) is 13.5 Å². The van der Waals surface area contributed by atoms with Crippen LogP contribution in [0.15, 0.2) is 41.3 Å². The van der Waals surface area contributed by atoms with Gasteiger partial charge >= 0.3 is 0 Å². The molecule has 0 atom stereocenters. The van der Waals surface area contributed by atoms with E-state index in [4.69, 9.17) is 5.73 Å². The Morgan fingerprint density at radius 2 is 1.94 bits per heavy atom. The van der Waals surface area contributed by atoms with Gasteiger partial charge in [-0.2, -0.15) is 0 Å². The molecule has 2 N–H and O–H groups in total. The Morgan fingerprint density at radius 1 is 1.29 bits per heavy atom. The number of aromatic nitrogens is 2. The van der Waals surface area contributed by atoms with Gasteiger partial charge in [-0.1, -0.05) is 18.2 Å². The largest absolute Gasteiger partial charge is 0.365 e. The Kier molecular flexibility index (Phi) is 2.82. The van der Waals surface area contributed by atoms with Crippen LogP contribution in [-0.4, -0.2) is 15.3 Å². The number of amides is 1. The molecule has 0 spiro atoms. The van der Waals surface area contributed by atoms with E-state index in [1.54, 1.807) is 16.8 Å². The summed E-state index contributed by atoms with van der Waals surface area (Å²) in [5, 5.41) is 0. The van der Waals surface area contributed by atoms with E-state index >= 15 is 0 Å². The Balaban J connectivity index is 2.69. The summed E-state index contributed by atoms with van der Waals surface area (Å²) in [6.45, 7) is 2.47. The van der Waals surface area contributed by atoms with Crippen LogP contribution in [0.3, 0.4) is 0 Å². The number of nitrogens with zero attached hydrogens (tertiary/aromatic N) is 2. The molecule has 1 amide bonds. The molecule has 0 radical (unpaired) electrons. The molecular weight excluding hydrogens is 218 g/mol. The number of nitrogens with two attached hydrogens (primary N) is 1. The predicted octanol–water partition coefficient (Wildman–Crippen LogP) is 0.758. The maximum absolute atomic E-state index is 12.0. The predicted molar refractivity (Wildman–Crippen MR) is 64.2 cm³/mol. The van der Waals surface area contributed by atoms with Gasteiger partial charge in [0.15, 0.2) is 0 Å². The first-order chi connectivity index (χ1) is 8.15. The monoisotopic (exact) mass is 231 g/mol. The summed E-state index contributed by atoms with van der Waals surface area (Å²) in [5.74, 6) is -0.702. The van der Waals surface area contributed by atoms with E-state index in [2.05, 4.69) is 0 Å². The van der Waals surface area contributed by atoms with Crippen LogP contribution in [0.2, 0.25) is 0 Å². The van der Waals surface area contributed by atoms with Crippen LogP contribution in [0, 0.1) is 0 Å². The SMILES string of the molecule is CCn1cc(C(N)=O)c(=O)n1-c1ccccc1. The molecule has 0 aliphatic carbocycles. The van der Waals surface area contributed by atoms with Gasteiger partial charge in [0.05, 0.1) is 5.69 Å². The summed E-state index contributed by atoms with van der Waals surface area (Å²) < 4.78 is 3.11. The van der Waals surface area contributed by atoms with Crippen molar-refractivity contribution >= 4 is 5.91 Å². The molecule has 0 unspecified atom stereocenters. The molecule has 0 aliphatic rings. The van der Waals surface area contributed by atoms with Crippen molar-refractivity contribution in [3.05, 3.63) is 52.4 Å².